The van der Waals surface area contributed by atoms with E-state index in [4.69, 9.17) is 4.74 Å². The fraction of sp³-hybridized carbons (Fsp3) is 0.389. The monoisotopic (exact) mass is 346 g/mol. The molecular formula is C18H22N2O3S. The number of benzene rings is 1. The molecule has 0 aliphatic heterocycles. The molecule has 128 valence electrons. The van der Waals surface area contributed by atoms with E-state index in [1.165, 1.54) is 0 Å². The third kappa shape index (κ3) is 4.64. The SMILES string of the molecule is CCC(CC)C(=O)Nc1nc(C)c(C(=O)OCc2ccccc2)s1. The molecule has 0 aliphatic rings. The zero-order chi connectivity index (χ0) is 17.5. The highest BCUT2D eigenvalue weighted by Crippen LogP contribution is 2.25. The van der Waals surface area contributed by atoms with Crippen molar-refractivity contribution >= 4 is 28.3 Å². The fourth-order valence-electron chi connectivity index (χ4n) is 2.29. The van der Waals surface area contributed by atoms with E-state index < -0.39 is 5.97 Å². The number of ether oxygens (including phenoxy) is 1. The Morgan fingerprint density at radius 1 is 1.21 bits per heavy atom. The van der Waals surface area contributed by atoms with Gasteiger partial charge in [-0.1, -0.05) is 55.5 Å². The van der Waals surface area contributed by atoms with Crippen molar-refractivity contribution in [2.75, 3.05) is 5.32 Å². The second-order valence-corrected chi connectivity index (χ2v) is 6.50. The number of hydrogen-bond donors (Lipinski definition) is 1. The highest BCUT2D eigenvalue weighted by Gasteiger charge is 2.20. The van der Waals surface area contributed by atoms with Gasteiger partial charge in [0.2, 0.25) is 5.91 Å². The second kappa shape index (κ2) is 8.59. The number of rotatable bonds is 7. The molecule has 0 saturated heterocycles. The van der Waals surface area contributed by atoms with E-state index in [1.807, 2.05) is 44.2 Å². The topological polar surface area (TPSA) is 68.3 Å². The van der Waals surface area contributed by atoms with Gasteiger partial charge in [-0.25, -0.2) is 9.78 Å². The number of anilines is 1. The van der Waals surface area contributed by atoms with E-state index in [2.05, 4.69) is 10.3 Å². The number of nitrogens with zero attached hydrogens (tertiary/aromatic N) is 1. The standard InChI is InChI=1S/C18H22N2O3S/c1-4-14(5-2)16(21)20-18-19-12(3)15(24-18)17(22)23-11-13-9-7-6-8-10-13/h6-10,14H,4-5,11H2,1-3H3,(H,19,20,21). The van der Waals surface area contributed by atoms with Crippen LogP contribution in [-0.2, 0) is 16.1 Å². The molecule has 0 aliphatic carbocycles. The quantitative estimate of drug-likeness (QED) is 0.764. The van der Waals surface area contributed by atoms with Crippen molar-refractivity contribution in [1.29, 1.82) is 0 Å². The summed E-state index contributed by atoms with van der Waals surface area (Å²) >= 11 is 1.15. The maximum absolute atomic E-state index is 12.2. The van der Waals surface area contributed by atoms with Gasteiger partial charge in [0.15, 0.2) is 5.13 Å². The summed E-state index contributed by atoms with van der Waals surface area (Å²) in [5.41, 5.74) is 1.49. The van der Waals surface area contributed by atoms with E-state index in [9.17, 15) is 9.59 Å². The number of amides is 1. The van der Waals surface area contributed by atoms with Gasteiger partial charge in [0.1, 0.15) is 11.5 Å². The van der Waals surface area contributed by atoms with Gasteiger partial charge in [-0.15, -0.1) is 0 Å². The maximum atomic E-state index is 12.2. The minimum Gasteiger partial charge on any atom is -0.457 e. The van der Waals surface area contributed by atoms with Gasteiger partial charge >= 0.3 is 5.97 Å². The van der Waals surface area contributed by atoms with Crippen LogP contribution in [0.25, 0.3) is 0 Å². The first-order valence-corrected chi connectivity index (χ1v) is 8.86. The summed E-state index contributed by atoms with van der Waals surface area (Å²) in [7, 11) is 0. The Hall–Kier alpha value is -2.21. The molecule has 1 aromatic carbocycles. The predicted octanol–water partition coefficient (Wildman–Crippen LogP) is 4.18. The van der Waals surface area contributed by atoms with Crippen LogP contribution in [-0.4, -0.2) is 16.9 Å². The summed E-state index contributed by atoms with van der Waals surface area (Å²) in [5.74, 6) is -0.516. The van der Waals surface area contributed by atoms with Crippen molar-refractivity contribution in [2.45, 2.75) is 40.2 Å². The van der Waals surface area contributed by atoms with Crippen molar-refractivity contribution in [3.8, 4) is 0 Å². The molecule has 2 rings (SSSR count). The molecule has 0 spiro atoms. The lowest BCUT2D eigenvalue weighted by Crippen LogP contribution is -2.21. The van der Waals surface area contributed by atoms with Gasteiger partial charge in [-0.05, 0) is 25.3 Å². The van der Waals surface area contributed by atoms with Gasteiger partial charge in [-0.3, -0.25) is 4.79 Å². The van der Waals surface area contributed by atoms with Crippen LogP contribution in [0.2, 0.25) is 0 Å². The Bertz CT molecular complexity index is 694. The lowest BCUT2D eigenvalue weighted by Gasteiger charge is -2.10. The molecular weight excluding hydrogens is 324 g/mol. The van der Waals surface area contributed by atoms with Crippen molar-refractivity contribution in [3.63, 3.8) is 0 Å². The summed E-state index contributed by atoms with van der Waals surface area (Å²) in [6.45, 7) is 5.91. The summed E-state index contributed by atoms with van der Waals surface area (Å²) in [6, 6.07) is 9.49. The van der Waals surface area contributed by atoms with Crippen molar-refractivity contribution < 1.29 is 14.3 Å². The highest BCUT2D eigenvalue weighted by molar-refractivity contribution is 7.17. The number of carbonyl (C=O) groups is 2. The summed E-state index contributed by atoms with van der Waals surface area (Å²) in [5, 5.41) is 3.24. The number of esters is 1. The van der Waals surface area contributed by atoms with Crippen LogP contribution >= 0.6 is 11.3 Å². The Kier molecular flexibility index (Phi) is 6.49. The molecule has 24 heavy (non-hydrogen) atoms. The number of thiazole rings is 1. The normalized spacial score (nSPS) is 10.7. The van der Waals surface area contributed by atoms with Crippen LogP contribution in [0.3, 0.4) is 0 Å². The van der Waals surface area contributed by atoms with Crippen LogP contribution in [0.1, 0.15) is 47.6 Å². The fourth-order valence-corrected chi connectivity index (χ4v) is 3.16. The Labute approximate surface area is 146 Å². The molecule has 1 aromatic heterocycles. The van der Waals surface area contributed by atoms with E-state index in [-0.39, 0.29) is 18.4 Å². The zero-order valence-corrected chi connectivity index (χ0v) is 15.0. The molecule has 2 aromatic rings. The second-order valence-electron chi connectivity index (χ2n) is 5.50. The minimum absolute atomic E-state index is 0.0392. The first kappa shape index (κ1) is 18.1. The molecule has 0 bridgehead atoms. The third-order valence-electron chi connectivity index (χ3n) is 3.78. The number of nitrogens with one attached hydrogen (secondary N) is 1. The summed E-state index contributed by atoms with van der Waals surface area (Å²) < 4.78 is 5.32. The maximum Gasteiger partial charge on any atom is 0.350 e. The molecule has 6 heteroatoms. The van der Waals surface area contributed by atoms with Crippen molar-refractivity contribution in [2.24, 2.45) is 5.92 Å². The van der Waals surface area contributed by atoms with Gasteiger partial charge in [-0.2, -0.15) is 0 Å². The minimum atomic E-state index is -0.420. The van der Waals surface area contributed by atoms with Gasteiger partial charge in [0.25, 0.3) is 0 Å². The number of carbonyl (C=O) groups excluding carboxylic acids is 2. The van der Waals surface area contributed by atoms with E-state index in [0.29, 0.717) is 15.7 Å². The lowest BCUT2D eigenvalue weighted by molar-refractivity contribution is -0.120. The molecule has 0 atom stereocenters. The Balaban J connectivity index is 2.00. The highest BCUT2D eigenvalue weighted by atomic mass is 32.1. The molecule has 1 N–H and O–H groups in total. The molecule has 1 amide bonds. The van der Waals surface area contributed by atoms with Crippen LogP contribution in [0.4, 0.5) is 5.13 Å². The average molecular weight is 346 g/mol. The van der Waals surface area contributed by atoms with Gasteiger partial charge in [0.05, 0.1) is 5.69 Å². The van der Waals surface area contributed by atoms with Crippen LogP contribution in [0, 0.1) is 12.8 Å². The van der Waals surface area contributed by atoms with Gasteiger partial charge < -0.3 is 10.1 Å². The first-order valence-electron chi connectivity index (χ1n) is 8.04. The summed E-state index contributed by atoms with van der Waals surface area (Å²) in [6.07, 6.45) is 1.55. The number of aromatic nitrogens is 1. The lowest BCUT2D eigenvalue weighted by atomic mass is 10.0. The van der Waals surface area contributed by atoms with Crippen LogP contribution in [0.15, 0.2) is 30.3 Å². The van der Waals surface area contributed by atoms with E-state index in [1.54, 1.807) is 6.92 Å². The molecule has 0 radical (unpaired) electrons. The van der Waals surface area contributed by atoms with Crippen molar-refractivity contribution in [3.05, 3.63) is 46.5 Å². The largest absolute Gasteiger partial charge is 0.457 e. The zero-order valence-electron chi connectivity index (χ0n) is 14.2. The molecule has 0 unspecified atom stereocenters. The van der Waals surface area contributed by atoms with Crippen LogP contribution < -0.4 is 5.32 Å². The molecule has 0 fully saturated rings. The van der Waals surface area contributed by atoms with Crippen LogP contribution in [0.5, 0.6) is 0 Å². The Morgan fingerprint density at radius 2 is 1.88 bits per heavy atom. The predicted molar refractivity (Wildman–Crippen MR) is 95.1 cm³/mol. The molecule has 1 heterocycles. The molecule has 0 saturated carbocycles. The number of hydrogen-bond acceptors (Lipinski definition) is 5. The van der Waals surface area contributed by atoms with E-state index >= 15 is 0 Å². The molecule has 5 nitrogen and oxygen atoms in total. The summed E-state index contributed by atoms with van der Waals surface area (Å²) in [4.78, 5) is 29.0. The first-order chi connectivity index (χ1) is 11.5. The Morgan fingerprint density at radius 3 is 2.50 bits per heavy atom. The van der Waals surface area contributed by atoms with E-state index in [0.717, 1.165) is 29.7 Å². The number of aryl methyl sites for hydroxylation is 1. The van der Waals surface area contributed by atoms with Gasteiger partial charge in [0, 0.05) is 5.92 Å². The smallest absolute Gasteiger partial charge is 0.350 e. The van der Waals surface area contributed by atoms with Crippen molar-refractivity contribution in [1.82, 2.24) is 4.98 Å². The third-order valence-corrected chi connectivity index (χ3v) is 4.83. The average Bonchev–Trinajstić information content (AvgIpc) is 2.95.